The molecule has 2 fully saturated rings. The number of fused-ring (bicyclic) bond motifs is 1. The first-order valence-corrected chi connectivity index (χ1v) is 13.0. The van der Waals surface area contributed by atoms with Gasteiger partial charge in [-0.15, -0.1) is 0 Å². The Morgan fingerprint density at radius 3 is 2.51 bits per heavy atom. The Kier molecular flexibility index (Phi) is 8.75. The molecule has 1 heterocycles. The fraction of sp³-hybridized carbons (Fsp3) is 0.467. The van der Waals surface area contributed by atoms with Gasteiger partial charge >= 0.3 is 11.9 Å². The summed E-state index contributed by atoms with van der Waals surface area (Å²) in [6.07, 6.45) is 9.88. The molecule has 1 unspecified atom stereocenters. The van der Waals surface area contributed by atoms with E-state index in [-0.39, 0.29) is 36.0 Å². The molecule has 1 saturated heterocycles. The van der Waals surface area contributed by atoms with Gasteiger partial charge in [-0.05, 0) is 29.7 Å². The summed E-state index contributed by atoms with van der Waals surface area (Å²) in [5, 5.41) is 10.4. The van der Waals surface area contributed by atoms with Gasteiger partial charge in [-0.25, -0.2) is 4.79 Å². The lowest BCUT2D eigenvalue weighted by atomic mass is 9.91. The summed E-state index contributed by atoms with van der Waals surface area (Å²) in [6.45, 7) is 2.19. The van der Waals surface area contributed by atoms with Gasteiger partial charge in [0.15, 0.2) is 0 Å². The van der Waals surface area contributed by atoms with Gasteiger partial charge in [0.1, 0.15) is 12.2 Å². The smallest absolute Gasteiger partial charge is 0.338 e. The Bertz CT molecular complexity index is 997. The highest BCUT2D eigenvalue weighted by atomic mass is 16.6. The molecule has 0 bridgehead atoms. The van der Waals surface area contributed by atoms with E-state index in [9.17, 15) is 14.7 Å². The predicted octanol–water partition coefficient (Wildman–Crippen LogP) is 6.11. The molecule has 35 heavy (non-hydrogen) atoms. The Balaban J connectivity index is 1.38. The molecule has 0 radical (unpaired) electrons. The van der Waals surface area contributed by atoms with Gasteiger partial charge in [0, 0.05) is 18.3 Å². The molecule has 0 amide bonds. The number of carbonyl (C=O) groups excluding carboxylic acids is 2. The van der Waals surface area contributed by atoms with Crippen molar-refractivity contribution in [3.05, 3.63) is 72.3 Å². The summed E-state index contributed by atoms with van der Waals surface area (Å²) in [4.78, 5) is 24.8. The molecule has 2 aromatic carbocycles. The van der Waals surface area contributed by atoms with Crippen LogP contribution in [-0.4, -0.2) is 35.4 Å². The van der Waals surface area contributed by atoms with E-state index in [0.717, 1.165) is 24.0 Å². The van der Waals surface area contributed by atoms with E-state index in [1.54, 1.807) is 12.1 Å². The van der Waals surface area contributed by atoms with Crippen LogP contribution in [0.25, 0.3) is 11.1 Å². The highest BCUT2D eigenvalue weighted by molar-refractivity contribution is 5.90. The monoisotopic (exact) mass is 476 g/mol. The minimum Gasteiger partial charge on any atom is -0.462 e. The second kappa shape index (κ2) is 12.2. The first-order chi connectivity index (χ1) is 17.0. The summed E-state index contributed by atoms with van der Waals surface area (Å²) in [5.74, 6) is -0.741. The number of aliphatic hydroxyl groups excluding tert-OH is 1. The molecule has 0 aromatic heterocycles. The van der Waals surface area contributed by atoms with Crippen LogP contribution < -0.4 is 0 Å². The SMILES string of the molecule is CCCCCCCC(O)/C=C/[C@@H]1[C@H]2CC(=O)O[C@H]2C[C@H]1OC(=O)c1ccc(-c2ccccc2)cc1. The molecule has 1 saturated carbocycles. The summed E-state index contributed by atoms with van der Waals surface area (Å²) in [6, 6.07) is 17.4. The van der Waals surface area contributed by atoms with Crippen LogP contribution in [0.2, 0.25) is 0 Å². The molecule has 5 atom stereocenters. The van der Waals surface area contributed by atoms with Gasteiger partial charge in [-0.1, -0.05) is 93.6 Å². The number of esters is 2. The van der Waals surface area contributed by atoms with E-state index in [1.807, 2.05) is 54.6 Å². The highest BCUT2D eigenvalue weighted by Gasteiger charge is 2.50. The van der Waals surface area contributed by atoms with E-state index in [1.165, 1.54) is 19.3 Å². The molecule has 1 aliphatic carbocycles. The van der Waals surface area contributed by atoms with Crippen LogP contribution in [0.3, 0.4) is 0 Å². The van der Waals surface area contributed by atoms with Crippen LogP contribution in [0, 0.1) is 11.8 Å². The fourth-order valence-corrected chi connectivity index (χ4v) is 5.23. The quantitative estimate of drug-likeness (QED) is 0.241. The number of carbonyl (C=O) groups is 2. The van der Waals surface area contributed by atoms with Crippen molar-refractivity contribution >= 4 is 11.9 Å². The largest absolute Gasteiger partial charge is 0.462 e. The molecule has 4 rings (SSSR count). The van der Waals surface area contributed by atoms with Crippen LogP contribution in [0.5, 0.6) is 0 Å². The van der Waals surface area contributed by atoms with Crippen molar-refractivity contribution in [1.82, 2.24) is 0 Å². The molecule has 2 aliphatic rings. The molecule has 5 heteroatoms. The van der Waals surface area contributed by atoms with Crippen molar-refractivity contribution in [2.45, 2.75) is 76.6 Å². The number of rotatable bonds is 11. The zero-order valence-corrected chi connectivity index (χ0v) is 20.5. The van der Waals surface area contributed by atoms with Crippen LogP contribution >= 0.6 is 0 Å². The van der Waals surface area contributed by atoms with Crippen molar-refractivity contribution in [2.75, 3.05) is 0 Å². The van der Waals surface area contributed by atoms with Crippen molar-refractivity contribution in [3.8, 4) is 11.1 Å². The molecule has 1 aliphatic heterocycles. The first-order valence-electron chi connectivity index (χ1n) is 13.0. The van der Waals surface area contributed by atoms with E-state index in [2.05, 4.69) is 6.92 Å². The second-order valence-corrected chi connectivity index (χ2v) is 9.75. The van der Waals surface area contributed by atoms with Gasteiger partial charge < -0.3 is 14.6 Å². The van der Waals surface area contributed by atoms with Crippen LogP contribution in [0.15, 0.2) is 66.7 Å². The Labute approximate surface area is 208 Å². The van der Waals surface area contributed by atoms with Crippen molar-refractivity contribution in [1.29, 1.82) is 0 Å². The van der Waals surface area contributed by atoms with Crippen LogP contribution in [-0.2, 0) is 14.3 Å². The minimum atomic E-state index is -0.532. The third kappa shape index (κ3) is 6.61. The maximum absolute atomic E-state index is 12.9. The lowest BCUT2D eigenvalue weighted by molar-refractivity contribution is -0.141. The highest BCUT2D eigenvalue weighted by Crippen LogP contribution is 2.43. The van der Waals surface area contributed by atoms with Gasteiger partial charge in [0.05, 0.1) is 18.1 Å². The van der Waals surface area contributed by atoms with Gasteiger partial charge in [0.25, 0.3) is 0 Å². The summed E-state index contributed by atoms with van der Waals surface area (Å²) < 4.78 is 11.4. The number of benzene rings is 2. The van der Waals surface area contributed by atoms with E-state index in [4.69, 9.17) is 9.47 Å². The number of aliphatic hydroxyl groups is 1. The normalized spacial score (nSPS) is 24.3. The van der Waals surface area contributed by atoms with E-state index >= 15 is 0 Å². The summed E-state index contributed by atoms with van der Waals surface area (Å²) >= 11 is 0. The molecule has 1 N–H and O–H groups in total. The van der Waals surface area contributed by atoms with Crippen molar-refractivity contribution < 1.29 is 24.2 Å². The third-order valence-electron chi connectivity index (χ3n) is 7.20. The van der Waals surface area contributed by atoms with Gasteiger partial charge in [0.2, 0.25) is 0 Å². The first kappa shape index (κ1) is 25.2. The Hall–Kier alpha value is -2.92. The van der Waals surface area contributed by atoms with Crippen molar-refractivity contribution in [2.24, 2.45) is 11.8 Å². The third-order valence-corrected chi connectivity index (χ3v) is 7.20. The van der Waals surface area contributed by atoms with Gasteiger partial charge in [-0.2, -0.15) is 0 Å². The number of unbranched alkanes of at least 4 members (excludes halogenated alkanes) is 4. The average molecular weight is 477 g/mol. The average Bonchev–Trinajstić information content (AvgIpc) is 3.38. The second-order valence-electron chi connectivity index (χ2n) is 9.75. The maximum Gasteiger partial charge on any atom is 0.338 e. The standard InChI is InChI=1S/C30H36O5/c1-2-3-4-5-9-12-24(31)17-18-25-26-19-29(32)34-28(26)20-27(25)35-30(33)23-15-13-22(14-16-23)21-10-7-6-8-11-21/h6-8,10-11,13-18,24-28,31H,2-5,9,12,19-20H2,1H3/b18-17+/t24?,25-,26-,27-,28+/m1/s1. The number of hydrogen-bond donors (Lipinski definition) is 1. The number of hydrogen-bond acceptors (Lipinski definition) is 5. The lowest BCUT2D eigenvalue weighted by Gasteiger charge is -2.20. The Morgan fingerprint density at radius 2 is 1.77 bits per heavy atom. The summed E-state index contributed by atoms with van der Waals surface area (Å²) in [7, 11) is 0. The predicted molar refractivity (Wildman–Crippen MR) is 136 cm³/mol. The van der Waals surface area contributed by atoms with Gasteiger partial charge in [-0.3, -0.25) is 4.79 Å². The zero-order chi connectivity index (χ0) is 24.6. The molecule has 2 aromatic rings. The number of ether oxygens (including phenoxy) is 2. The fourth-order valence-electron chi connectivity index (χ4n) is 5.23. The zero-order valence-electron chi connectivity index (χ0n) is 20.5. The summed E-state index contributed by atoms with van der Waals surface area (Å²) in [5.41, 5.74) is 2.62. The minimum absolute atomic E-state index is 0.0197. The maximum atomic E-state index is 12.9. The topological polar surface area (TPSA) is 72.8 Å². The molecule has 186 valence electrons. The molecule has 0 spiro atoms. The van der Waals surface area contributed by atoms with E-state index < -0.39 is 6.10 Å². The van der Waals surface area contributed by atoms with Crippen LogP contribution in [0.1, 0.15) is 68.6 Å². The van der Waals surface area contributed by atoms with Crippen LogP contribution in [0.4, 0.5) is 0 Å². The van der Waals surface area contributed by atoms with E-state index in [0.29, 0.717) is 24.8 Å². The molecular weight excluding hydrogens is 440 g/mol. The molecule has 5 nitrogen and oxygen atoms in total. The lowest BCUT2D eigenvalue weighted by Crippen LogP contribution is -2.25. The Morgan fingerprint density at radius 1 is 1.06 bits per heavy atom. The van der Waals surface area contributed by atoms with Crippen molar-refractivity contribution in [3.63, 3.8) is 0 Å². The molecular formula is C30H36O5.